The Morgan fingerprint density at radius 1 is 0.500 bits per heavy atom. The van der Waals surface area contributed by atoms with E-state index in [1.54, 1.807) is 24.3 Å². The van der Waals surface area contributed by atoms with Gasteiger partial charge in [-0.3, -0.25) is 0 Å². The van der Waals surface area contributed by atoms with Crippen LogP contribution in [0.5, 0.6) is 11.5 Å². The lowest BCUT2D eigenvalue weighted by molar-refractivity contribution is 0.00483. The van der Waals surface area contributed by atoms with Crippen molar-refractivity contribution in [3.8, 4) is 11.5 Å². The van der Waals surface area contributed by atoms with Gasteiger partial charge < -0.3 is 23.7 Å². The second-order valence-electron chi connectivity index (χ2n) is 6.46. The Labute approximate surface area is 196 Å². The highest BCUT2D eigenvalue weighted by Crippen LogP contribution is 2.38. The summed E-state index contributed by atoms with van der Waals surface area (Å²) in [7, 11) is 0. The first-order valence-corrected chi connectivity index (χ1v) is 11.0. The second-order valence-corrected chi connectivity index (χ2v) is 8.15. The zero-order valence-electron chi connectivity index (χ0n) is 16.2. The minimum Gasteiger partial charge on any atom is -0.489 e. The van der Waals surface area contributed by atoms with E-state index >= 15 is 0 Å². The first-order valence-electron chi connectivity index (χ1n) is 9.49. The van der Waals surface area contributed by atoms with Gasteiger partial charge in [0.2, 0.25) is 0 Å². The number of hydrogen-bond donors (Lipinski definition) is 0. The van der Waals surface area contributed by atoms with E-state index in [0.29, 0.717) is 90.9 Å². The first kappa shape index (κ1) is 23.7. The molecule has 0 saturated heterocycles. The standard InChI is InChI=1S/C21H22Cl4O5/c22-16-10-14-9-15-11-17(23)13-19(25)21(15)30-8-6-28-4-2-26-1-3-27-5-7-29-20(14)18(24)12-16/h10-13H,1-9H2. The van der Waals surface area contributed by atoms with Crippen LogP contribution in [-0.2, 0) is 20.6 Å². The van der Waals surface area contributed by atoms with Crippen molar-refractivity contribution in [2.45, 2.75) is 6.42 Å². The van der Waals surface area contributed by atoms with Crippen LogP contribution in [0.1, 0.15) is 11.1 Å². The molecule has 3 rings (SSSR count). The highest BCUT2D eigenvalue weighted by Gasteiger charge is 2.17. The largest absolute Gasteiger partial charge is 0.489 e. The van der Waals surface area contributed by atoms with Crippen LogP contribution in [-0.4, -0.2) is 52.9 Å². The molecule has 0 aromatic heterocycles. The summed E-state index contributed by atoms with van der Waals surface area (Å²) in [5.74, 6) is 1.07. The van der Waals surface area contributed by atoms with Gasteiger partial charge in [-0.15, -0.1) is 0 Å². The summed E-state index contributed by atoms with van der Waals surface area (Å²) in [6.07, 6.45) is 0.417. The molecule has 0 spiro atoms. The van der Waals surface area contributed by atoms with E-state index in [1.165, 1.54) is 0 Å². The highest BCUT2D eigenvalue weighted by atomic mass is 35.5. The van der Waals surface area contributed by atoms with Crippen LogP contribution < -0.4 is 9.47 Å². The maximum absolute atomic E-state index is 6.41. The highest BCUT2D eigenvalue weighted by molar-refractivity contribution is 6.36. The maximum Gasteiger partial charge on any atom is 0.141 e. The van der Waals surface area contributed by atoms with Gasteiger partial charge >= 0.3 is 0 Å². The molecule has 0 saturated carbocycles. The van der Waals surface area contributed by atoms with Gasteiger partial charge in [-0.1, -0.05) is 46.4 Å². The summed E-state index contributed by atoms with van der Waals surface area (Å²) < 4.78 is 28.3. The molecule has 2 aromatic carbocycles. The Kier molecular flexibility index (Phi) is 9.65. The van der Waals surface area contributed by atoms with Crippen molar-refractivity contribution in [1.29, 1.82) is 0 Å². The van der Waals surface area contributed by atoms with Crippen LogP contribution >= 0.6 is 46.4 Å². The Bertz CT molecular complexity index is 779. The topological polar surface area (TPSA) is 46.2 Å². The lowest BCUT2D eigenvalue weighted by Gasteiger charge is -2.18. The number of halogens is 4. The van der Waals surface area contributed by atoms with Crippen molar-refractivity contribution in [2.24, 2.45) is 0 Å². The SMILES string of the molecule is Clc1cc(Cl)c2c(c1)Cc1cc(Cl)cc(Cl)c1OCCOCCOCCOCCO2. The van der Waals surface area contributed by atoms with Crippen LogP contribution in [0.3, 0.4) is 0 Å². The van der Waals surface area contributed by atoms with E-state index in [2.05, 4.69) is 0 Å². The van der Waals surface area contributed by atoms with Crippen LogP contribution in [0.4, 0.5) is 0 Å². The van der Waals surface area contributed by atoms with Crippen molar-refractivity contribution < 1.29 is 23.7 Å². The number of benzene rings is 2. The van der Waals surface area contributed by atoms with E-state index in [1.807, 2.05) is 0 Å². The average Bonchev–Trinajstić information content (AvgIpc) is 2.68. The fourth-order valence-corrected chi connectivity index (χ4v) is 4.15. The Hall–Kier alpha value is -0.920. The van der Waals surface area contributed by atoms with Gasteiger partial charge in [-0.2, -0.15) is 0 Å². The van der Waals surface area contributed by atoms with Gasteiger partial charge in [-0.05, 0) is 24.3 Å². The molecule has 0 unspecified atom stereocenters. The molecule has 0 amide bonds. The van der Waals surface area contributed by atoms with E-state index in [0.717, 1.165) is 11.1 Å². The molecule has 0 atom stereocenters. The van der Waals surface area contributed by atoms with Crippen LogP contribution in [0.25, 0.3) is 0 Å². The third-order valence-corrected chi connectivity index (χ3v) is 5.24. The van der Waals surface area contributed by atoms with Gasteiger partial charge in [0, 0.05) is 27.6 Å². The minimum atomic E-state index is 0.330. The number of ether oxygens (including phenoxy) is 5. The van der Waals surface area contributed by atoms with Gasteiger partial charge in [0.25, 0.3) is 0 Å². The molecule has 5 nitrogen and oxygen atoms in total. The molecule has 0 radical (unpaired) electrons. The average molecular weight is 496 g/mol. The van der Waals surface area contributed by atoms with Crippen LogP contribution in [0.15, 0.2) is 24.3 Å². The van der Waals surface area contributed by atoms with Gasteiger partial charge in [0.05, 0.1) is 49.7 Å². The van der Waals surface area contributed by atoms with Crippen LogP contribution in [0, 0.1) is 0 Å². The summed E-state index contributed by atoms with van der Waals surface area (Å²) in [6, 6.07) is 6.89. The Morgan fingerprint density at radius 2 is 0.867 bits per heavy atom. The molecule has 30 heavy (non-hydrogen) atoms. The smallest absolute Gasteiger partial charge is 0.141 e. The number of rotatable bonds is 0. The lowest BCUT2D eigenvalue weighted by atomic mass is 10.0. The third-order valence-electron chi connectivity index (χ3n) is 4.24. The van der Waals surface area contributed by atoms with Gasteiger partial charge in [-0.25, -0.2) is 0 Å². The fourth-order valence-electron chi connectivity index (χ4n) is 2.97. The summed E-state index contributed by atoms with van der Waals surface area (Å²) in [6.45, 7) is 3.36. The number of hydrogen-bond acceptors (Lipinski definition) is 5. The molecule has 9 heteroatoms. The molecule has 1 heterocycles. The maximum atomic E-state index is 6.41. The summed E-state index contributed by atoms with van der Waals surface area (Å²) >= 11 is 25.3. The van der Waals surface area contributed by atoms with E-state index in [9.17, 15) is 0 Å². The third kappa shape index (κ3) is 7.06. The molecule has 2 aromatic rings. The summed E-state index contributed by atoms with van der Waals surface area (Å²) in [5.41, 5.74) is 1.58. The molecule has 0 aliphatic carbocycles. The zero-order chi connectivity index (χ0) is 21.3. The molecule has 0 N–H and O–H groups in total. The van der Waals surface area contributed by atoms with Crippen molar-refractivity contribution in [2.75, 3.05) is 52.9 Å². The lowest BCUT2D eigenvalue weighted by Crippen LogP contribution is -2.15. The predicted molar refractivity (Wildman–Crippen MR) is 119 cm³/mol. The molecule has 0 fully saturated rings. The van der Waals surface area contributed by atoms with Crippen molar-refractivity contribution in [3.63, 3.8) is 0 Å². The molecule has 164 valence electrons. The van der Waals surface area contributed by atoms with Crippen molar-refractivity contribution in [1.82, 2.24) is 0 Å². The molecule has 1 aliphatic rings. The Morgan fingerprint density at radius 3 is 1.27 bits per heavy atom. The minimum absolute atomic E-state index is 0.330. The van der Waals surface area contributed by atoms with Crippen molar-refractivity contribution >= 4 is 46.4 Å². The Balaban J connectivity index is 1.89. The first-order chi connectivity index (χ1) is 14.5. The molecule has 0 bridgehead atoms. The van der Waals surface area contributed by atoms with E-state index in [4.69, 9.17) is 70.1 Å². The van der Waals surface area contributed by atoms with E-state index < -0.39 is 0 Å². The van der Waals surface area contributed by atoms with Crippen molar-refractivity contribution in [3.05, 3.63) is 55.5 Å². The van der Waals surface area contributed by atoms with Crippen LogP contribution in [0.2, 0.25) is 20.1 Å². The molecule has 1 aliphatic heterocycles. The van der Waals surface area contributed by atoms with Gasteiger partial charge in [0.15, 0.2) is 0 Å². The summed E-state index contributed by atoms with van der Waals surface area (Å²) in [5, 5.41) is 1.84. The molecular formula is C21H22Cl4O5. The molecular weight excluding hydrogens is 474 g/mol. The number of fused-ring (bicyclic) bond motifs is 2. The quantitative estimate of drug-likeness (QED) is 0.468. The monoisotopic (exact) mass is 494 g/mol. The fraction of sp³-hybridized carbons (Fsp3) is 0.429. The second kappa shape index (κ2) is 12.2. The normalized spacial score (nSPS) is 16.9. The van der Waals surface area contributed by atoms with E-state index in [-0.39, 0.29) is 0 Å². The summed E-state index contributed by atoms with van der Waals surface area (Å²) in [4.78, 5) is 0. The predicted octanol–water partition coefficient (Wildman–Crippen LogP) is 5.71. The van der Waals surface area contributed by atoms with Gasteiger partial charge in [0.1, 0.15) is 24.7 Å². The zero-order valence-corrected chi connectivity index (χ0v) is 19.3.